The molecule has 2 fully saturated rings. The van der Waals surface area contributed by atoms with Crippen molar-refractivity contribution >= 4 is 17.5 Å². The molecule has 0 aliphatic heterocycles. The van der Waals surface area contributed by atoms with E-state index in [1.54, 1.807) is 6.20 Å². The van der Waals surface area contributed by atoms with Crippen LogP contribution in [0.3, 0.4) is 0 Å². The third kappa shape index (κ3) is 4.17. The van der Waals surface area contributed by atoms with Gasteiger partial charge in [-0.25, -0.2) is 4.98 Å². The summed E-state index contributed by atoms with van der Waals surface area (Å²) in [7, 11) is 0. The average molecular weight is 331 g/mol. The summed E-state index contributed by atoms with van der Waals surface area (Å²) in [4.78, 5) is 9.05. The zero-order valence-corrected chi connectivity index (χ0v) is 14.6. The first-order valence-electron chi connectivity index (χ1n) is 9.12. The van der Waals surface area contributed by atoms with Gasteiger partial charge in [0.1, 0.15) is 5.82 Å². The minimum Gasteiger partial charge on any atom is -0.399 e. The Morgan fingerprint density at radius 3 is 2.50 bits per heavy atom. The van der Waals surface area contributed by atoms with Gasteiger partial charge in [-0.05, 0) is 51.9 Å². The molecule has 0 bridgehead atoms. The van der Waals surface area contributed by atoms with E-state index in [-0.39, 0.29) is 0 Å². The molecule has 3 rings (SSSR count). The molecule has 1 aromatic rings. The van der Waals surface area contributed by atoms with Gasteiger partial charge in [-0.15, -0.1) is 0 Å². The van der Waals surface area contributed by atoms with Crippen molar-refractivity contribution in [3.8, 4) is 0 Å². The summed E-state index contributed by atoms with van der Waals surface area (Å²) in [5.74, 6) is 1.47. The molecule has 2 aliphatic carbocycles. The third-order valence-electron chi connectivity index (χ3n) is 4.99. The minimum atomic E-state index is 0.395. The summed E-state index contributed by atoms with van der Waals surface area (Å²) in [5, 5.41) is 6.95. The fraction of sp³-hybridized carbons (Fsp3) is 0.667. The van der Waals surface area contributed by atoms with Crippen molar-refractivity contribution in [2.24, 2.45) is 5.73 Å². The van der Waals surface area contributed by atoms with Crippen LogP contribution in [0.25, 0.3) is 5.70 Å². The fourth-order valence-corrected chi connectivity index (χ4v) is 3.33. The van der Waals surface area contributed by atoms with Gasteiger partial charge in [0.05, 0.1) is 11.7 Å². The Morgan fingerprint density at radius 2 is 1.92 bits per heavy atom. The molecule has 4 N–H and O–H groups in total. The number of ether oxygens (including phenoxy) is 1. The smallest absolute Gasteiger partial charge is 0.224 e. The standard InChI is InChI=1S/C18H29N5O/c1-3-24-15-9-7-14(8-10-15)21-17-16(12(2)19)11-20-18(23-17)22-13-5-4-6-13/h11,13-15H,2-10,19H2,1H3,(H2,20,21,22,23)/t14-,15+. The predicted octanol–water partition coefficient (Wildman–Crippen LogP) is 3.13. The van der Waals surface area contributed by atoms with Crippen LogP contribution in [0.1, 0.15) is 57.4 Å². The second-order valence-electron chi connectivity index (χ2n) is 6.83. The van der Waals surface area contributed by atoms with Gasteiger partial charge in [-0.2, -0.15) is 4.98 Å². The summed E-state index contributed by atoms with van der Waals surface area (Å²) < 4.78 is 5.73. The van der Waals surface area contributed by atoms with Gasteiger partial charge in [-0.3, -0.25) is 0 Å². The molecule has 0 saturated heterocycles. The van der Waals surface area contributed by atoms with Crippen LogP contribution < -0.4 is 16.4 Å². The maximum atomic E-state index is 5.92. The Hall–Kier alpha value is -1.82. The van der Waals surface area contributed by atoms with E-state index in [0.717, 1.165) is 43.7 Å². The Kier molecular flexibility index (Phi) is 5.56. The number of hydrogen-bond donors (Lipinski definition) is 3. The van der Waals surface area contributed by atoms with Gasteiger partial charge < -0.3 is 21.1 Å². The highest BCUT2D eigenvalue weighted by molar-refractivity contribution is 5.70. The minimum absolute atomic E-state index is 0.395. The molecular weight excluding hydrogens is 302 g/mol. The number of aromatic nitrogens is 2. The lowest BCUT2D eigenvalue weighted by Crippen LogP contribution is -2.31. The van der Waals surface area contributed by atoms with E-state index in [1.165, 1.54) is 19.3 Å². The van der Waals surface area contributed by atoms with Crippen LogP contribution in [-0.2, 0) is 4.74 Å². The lowest BCUT2D eigenvalue weighted by Gasteiger charge is -2.30. The summed E-state index contributed by atoms with van der Waals surface area (Å²) in [5.41, 5.74) is 7.20. The molecule has 132 valence electrons. The molecule has 24 heavy (non-hydrogen) atoms. The molecule has 2 aliphatic rings. The van der Waals surface area contributed by atoms with Crippen LogP contribution in [-0.4, -0.2) is 34.8 Å². The summed E-state index contributed by atoms with van der Waals surface area (Å²) in [6.45, 7) is 6.70. The van der Waals surface area contributed by atoms with Crippen molar-refractivity contribution in [1.29, 1.82) is 0 Å². The van der Waals surface area contributed by atoms with Crippen molar-refractivity contribution in [3.63, 3.8) is 0 Å². The molecule has 2 saturated carbocycles. The van der Waals surface area contributed by atoms with Crippen molar-refractivity contribution in [2.45, 2.75) is 70.1 Å². The number of nitrogens with one attached hydrogen (secondary N) is 2. The number of anilines is 2. The Balaban J connectivity index is 1.65. The van der Waals surface area contributed by atoms with Crippen LogP contribution >= 0.6 is 0 Å². The first kappa shape index (κ1) is 17.0. The molecule has 6 nitrogen and oxygen atoms in total. The monoisotopic (exact) mass is 331 g/mol. The fourth-order valence-electron chi connectivity index (χ4n) is 3.33. The summed E-state index contributed by atoms with van der Waals surface area (Å²) in [6.07, 6.45) is 10.2. The first-order valence-corrected chi connectivity index (χ1v) is 9.12. The molecule has 6 heteroatoms. The predicted molar refractivity (Wildman–Crippen MR) is 97.8 cm³/mol. The van der Waals surface area contributed by atoms with E-state index in [9.17, 15) is 0 Å². The molecular formula is C18H29N5O. The molecule has 1 aromatic heterocycles. The molecule has 0 spiro atoms. The van der Waals surface area contributed by atoms with Gasteiger partial charge >= 0.3 is 0 Å². The van der Waals surface area contributed by atoms with Crippen LogP contribution in [0.15, 0.2) is 12.8 Å². The highest BCUT2D eigenvalue weighted by Crippen LogP contribution is 2.27. The van der Waals surface area contributed by atoms with Crippen molar-refractivity contribution < 1.29 is 4.74 Å². The van der Waals surface area contributed by atoms with E-state index in [4.69, 9.17) is 10.5 Å². The summed E-state index contributed by atoms with van der Waals surface area (Å²) >= 11 is 0. The van der Waals surface area contributed by atoms with Crippen LogP contribution in [0.5, 0.6) is 0 Å². The van der Waals surface area contributed by atoms with Crippen LogP contribution in [0, 0.1) is 0 Å². The van der Waals surface area contributed by atoms with E-state index in [1.807, 2.05) is 0 Å². The molecule has 0 unspecified atom stereocenters. The second kappa shape index (κ2) is 7.83. The number of nitrogens with zero attached hydrogens (tertiary/aromatic N) is 2. The lowest BCUT2D eigenvalue weighted by atomic mass is 9.93. The van der Waals surface area contributed by atoms with E-state index >= 15 is 0 Å². The molecule has 0 radical (unpaired) electrons. The maximum absolute atomic E-state index is 5.92. The number of rotatable bonds is 7. The highest BCUT2D eigenvalue weighted by Gasteiger charge is 2.23. The third-order valence-corrected chi connectivity index (χ3v) is 4.99. The number of nitrogens with two attached hydrogens (primary N) is 1. The highest BCUT2D eigenvalue weighted by atomic mass is 16.5. The van der Waals surface area contributed by atoms with Gasteiger partial charge in [0.15, 0.2) is 0 Å². The van der Waals surface area contributed by atoms with Crippen molar-refractivity contribution in [2.75, 3.05) is 17.2 Å². The van der Waals surface area contributed by atoms with E-state index < -0.39 is 0 Å². The van der Waals surface area contributed by atoms with Crippen LogP contribution in [0.4, 0.5) is 11.8 Å². The first-order chi connectivity index (χ1) is 11.7. The molecule has 0 atom stereocenters. The Labute approximate surface area is 144 Å². The van der Waals surface area contributed by atoms with Gasteiger partial charge in [0.25, 0.3) is 0 Å². The van der Waals surface area contributed by atoms with E-state index in [2.05, 4.69) is 34.1 Å². The van der Waals surface area contributed by atoms with Gasteiger partial charge in [0, 0.05) is 30.6 Å². The lowest BCUT2D eigenvalue weighted by molar-refractivity contribution is 0.0346. The second-order valence-corrected chi connectivity index (χ2v) is 6.83. The molecule has 1 heterocycles. The van der Waals surface area contributed by atoms with Crippen molar-refractivity contribution in [3.05, 3.63) is 18.3 Å². The maximum Gasteiger partial charge on any atom is 0.224 e. The topological polar surface area (TPSA) is 85.1 Å². The zero-order chi connectivity index (χ0) is 16.9. The van der Waals surface area contributed by atoms with E-state index in [0.29, 0.717) is 29.8 Å². The Morgan fingerprint density at radius 1 is 1.21 bits per heavy atom. The SMILES string of the molecule is C=C(N)c1cnc(NC2CCC2)nc1N[C@H]1CC[C@@H](OCC)CC1. The quantitative estimate of drug-likeness (QED) is 0.712. The molecule has 0 aromatic carbocycles. The van der Waals surface area contributed by atoms with Crippen molar-refractivity contribution in [1.82, 2.24) is 9.97 Å². The average Bonchev–Trinajstić information content (AvgIpc) is 2.53. The Bertz CT molecular complexity index is 565. The largest absolute Gasteiger partial charge is 0.399 e. The normalized spacial score (nSPS) is 24.2. The summed E-state index contributed by atoms with van der Waals surface area (Å²) in [6, 6.07) is 0.901. The van der Waals surface area contributed by atoms with Crippen LogP contribution in [0.2, 0.25) is 0 Å². The van der Waals surface area contributed by atoms with Gasteiger partial charge in [0.2, 0.25) is 5.95 Å². The zero-order valence-electron chi connectivity index (χ0n) is 14.6. The van der Waals surface area contributed by atoms with Gasteiger partial charge in [-0.1, -0.05) is 6.58 Å². The number of hydrogen-bond acceptors (Lipinski definition) is 6. The molecule has 0 amide bonds.